The van der Waals surface area contributed by atoms with Crippen molar-refractivity contribution in [2.75, 3.05) is 10.2 Å². The van der Waals surface area contributed by atoms with Crippen molar-refractivity contribution in [2.45, 2.75) is 38.1 Å². The fourth-order valence-corrected chi connectivity index (χ4v) is 4.05. The summed E-state index contributed by atoms with van der Waals surface area (Å²) in [5, 5.41) is 5.64. The predicted molar refractivity (Wildman–Crippen MR) is 116 cm³/mol. The maximum Gasteiger partial charge on any atom is 0.283 e. The topological polar surface area (TPSA) is 78.5 Å². The van der Waals surface area contributed by atoms with Gasteiger partial charge in [0.15, 0.2) is 0 Å². The highest BCUT2D eigenvalue weighted by molar-refractivity contribution is 6.53. The van der Waals surface area contributed by atoms with Crippen molar-refractivity contribution in [1.29, 1.82) is 0 Å². The van der Waals surface area contributed by atoms with E-state index in [1.165, 1.54) is 18.6 Å². The Labute approximate surface area is 184 Å². The summed E-state index contributed by atoms with van der Waals surface area (Å²) < 4.78 is 13.2. The molecule has 6 nitrogen and oxygen atoms in total. The first-order chi connectivity index (χ1) is 14.9. The fourth-order valence-electron chi connectivity index (χ4n) is 3.83. The number of carbonyl (C=O) groups is 3. The van der Waals surface area contributed by atoms with Crippen LogP contribution in [-0.4, -0.2) is 23.8 Å². The Morgan fingerprint density at radius 1 is 1.00 bits per heavy atom. The number of amides is 3. The highest BCUT2D eigenvalue weighted by Gasteiger charge is 2.39. The average Bonchev–Trinajstić information content (AvgIpc) is 2.98. The standard InChI is InChI=1S/C23H21ClFN3O3/c24-19-20(23(31)28(22(19)30)18-11-9-15(25)10-12-18)26-17-8-4-5-14(13-17)21(29)27-16-6-2-1-3-7-16/h4-5,8-13,16,26H,1-3,6-7H2,(H,27,29). The Morgan fingerprint density at radius 2 is 1.71 bits per heavy atom. The van der Waals surface area contributed by atoms with Crippen LogP contribution in [0.2, 0.25) is 0 Å². The molecule has 2 N–H and O–H groups in total. The third-order valence-corrected chi connectivity index (χ3v) is 5.80. The molecule has 3 amide bonds. The number of rotatable bonds is 5. The summed E-state index contributed by atoms with van der Waals surface area (Å²) in [5.74, 6) is -2.02. The molecule has 0 aromatic heterocycles. The molecule has 4 rings (SSSR count). The van der Waals surface area contributed by atoms with E-state index < -0.39 is 17.6 Å². The molecule has 1 aliphatic heterocycles. The number of hydrogen-bond donors (Lipinski definition) is 2. The molecule has 0 spiro atoms. The van der Waals surface area contributed by atoms with E-state index in [1.807, 2.05) is 0 Å². The summed E-state index contributed by atoms with van der Waals surface area (Å²) in [4.78, 5) is 38.8. The number of hydrogen-bond acceptors (Lipinski definition) is 4. The molecule has 0 unspecified atom stereocenters. The van der Waals surface area contributed by atoms with Crippen LogP contribution >= 0.6 is 11.6 Å². The van der Waals surface area contributed by atoms with Crippen molar-refractivity contribution in [3.63, 3.8) is 0 Å². The van der Waals surface area contributed by atoms with Crippen LogP contribution in [-0.2, 0) is 9.59 Å². The zero-order valence-corrected chi connectivity index (χ0v) is 17.4. The molecule has 1 aliphatic carbocycles. The fraction of sp³-hybridized carbons (Fsp3) is 0.261. The van der Waals surface area contributed by atoms with Gasteiger partial charge in [-0.1, -0.05) is 36.9 Å². The van der Waals surface area contributed by atoms with Crippen LogP contribution < -0.4 is 15.5 Å². The molecular weight excluding hydrogens is 421 g/mol. The van der Waals surface area contributed by atoms with Gasteiger partial charge in [-0.05, 0) is 55.3 Å². The molecular formula is C23H21ClFN3O3. The van der Waals surface area contributed by atoms with Crippen molar-refractivity contribution >= 4 is 40.7 Å². The molecule has 1 fully saturated rings. The lowest BCUT2D eigenvalue weighted by Crippen LogP contribution is -2.36. The van der Waals surface area contributed by atoms with Gasteiger partial charge in [0.1, 0.15) is 16.5 Å². The quantitative estimate of drug-likeness (QED) is 0.677. The normalized spacial score (nSPS) is 17.3. The zero-order chi connectivity index (χ0) is 22.0. The molecule has 0 saturated heterocycles. The second-order valence-electron chi connectivity index (χ2n) is 7.63. The molecule has 0 bridgehead atoms. The van der Waals surface area contributed by atoms with Crippen molar-refractivity contribution < 1.29 is 18.8 Å². The zero-order valence-electron chi connectivity index (χ0n) is 16.7. The van der Waals surface area contributed by atoms with Crippen LogP contribution in [0.15, 0.2) is 59.3 Å². The SMILES string of the molecule is O=C(NC1CCCCC1)c1cccc(NC2=C(Cl)C(=O)N(c3ccc(F)cc3)C2=O)c1. The van der Waals surface area contributed by atoms with Crippen molar-refractivity contribution in [3.05, 3.63) is 70.6 Å². The number of benzene rings is 2. The van der Waals surface area contributed by atoms with Gasteiger partial charge in [0.2, 0.25) is 0 Å². The number of carbonyl (C=O) groups excluding carboxylic acids is 3. The highest BCUT2D eigenvalue weighted by atomic mass is 35.5. The minimum absolute atomic E-state index is 0.0965. The van der Waals surface area contributed by atoms with Crippen molar-refractivity contribution in [1.82, 2.24) is 5.32 Å². The van der Waals surface area contributed by atoms with E-state index in [1.54, 1.807) is 24.3 Å². The predicted octanol–water partition coefficient (Wildman–Crippen LogP) is 4.32. The first-order valence-electron chi connectivity index (χ1n) is 10.2. The maximum atomic E-state index is 13.2. The maximum absolute atomic E-state index is 13.2. The van der Waals surface area contributed by atoms with Gasteiger partial charge in [0.05, 0.1) is 5.69 Å². The summed E-state index contributed by atoms with van der Waals surface area (Å²) in [7, 11) is 0. The van der Waals surface area contributed by atoms with Crippen LogP contribution in [0, 0.1) is 5.82 Å². The minimum atomic E-state index is -0.702. The Morgan fingerprint density at radius 3 is 2.42 bits per heavy atom. The molecule has 2 aromatic rings. The lowest BCUT2D eigenvalue weighted by molar-refractivity contribution is -0.120. The number of halogens is 2. The van der Waals surface area contributed by atoms with E-state index in [0.29, 0.717) is 11.3 Å². The van der Waals surface area contributed by atoms with Gasteiger partial charge < -0.3 is 10.6 Å². The van der Waals surface area contributed by atoms with Crippen LogP contribution in [0.1, 0.15) is 42.5 Å². The van der Waals surface area contributed by atoms with Gasteiger partial charge in [-0.2, -0.15) is 0 Å². The number of nitrogens with one attached hydrogen (secondary N) is 2. The summed E-state index contributed by atoms with van der Waals surface area (Å²) in [6, 6.07) is 11.8. The largest absolute Gasteiger partial charge is 0.350 e. The van der Waals surface area contributed by atoms with Crippen LogP contribution in [0.4, 0.5) is 15.8 Å². The third kappa shape index (κ3) is 4.46. The van der Waals surface area contributed by atoms with Gasteiger partial charge in [0.25, 0.3) is 17.7 Å². The first kappa shape index (κ1) is 21.1. The van der Waals surface area contributed by atoms with Crippen molar-refractivity contribution in [3.8, 4) is 0 Å². The summed E-state index contributed by atoms with van der Waals surface area (Å²) in [6.45, 7) is 0. The van der Waals surface area contributed by atoms with Crippen molar-refractivity contribution in [2.24, 2.45) is 0 Å². The van der Waals surface area contributed by atoms with E-state index in [4.69, 9.17) is 11.6 Å². The Hall–Kier alpha value is -3.19. The molecule has 1 saturated carbocycles. The highest BCUT2D eigenvalue weighted by Crippen LogP contribution is 2.30. The number of nitrogens with zero attached hydrogens (tertiary/aromatic N) is 1. The van der Waals surface area contributed by atoms with Crippen LogP contribution in [0.5, 0.6) is 0 Å². The lowest BCUT2D eigenvalue weighted by Gasteiger charge is -2.22. The molecule has 2 aromatic carbocycles. The molecule has 0 radical (unpaired) electrons. The van der Waals surface area contributed by atoms with Gasteiger partial charge in [-0.3, -0.25) is 14.4 Å². The van der Waals surface area contributed by atoms with Gasteiger partial charge in [-0.25, -0.2) is 9.29 Å². The molecule has 2 aliphatic rings. The monoisotopic (exact) mass is 441 g/mol. The second-order valence-corrected chi connectivity index (χ2v) is 8.00. The number of anilines is 2. The second kappa shape index (κ2) is 8.89. The molecule has 0 atom stereocenters. The minimum Gasteiger partial charge on any atom is -0.350 e. The lowest BCUT2D eigenvalue weighted by atomic mass is 9.95. The molecule has 31 heavy (non-hydrogen) atoms. The van der Waals surface area contributed by atoms with Gasteiger partial charge in [-0.15, -0.1) is 0 Å². The van der Waals surface area contributed by atoms with E-state index in [-0.39, 0.29) is 28.4 Å². The molecule has 1 heterocycles. The Kier molecular flexibility index (Phi) is 6.04. The van der Waals surface area contributed by atoms with E-state index in [0.717, 1.165) is 42.7 Å². The van der Waals surface area contributed by atoms with E-state index in [2.05, 4.69) is 10.6 Å². The average molecular weight is 442 g/mol. The summed E-state index contributed by atoms with van der Waals surface area (Å²) in [6.07, 6.45) is 5.37. The first-order valence-corrected chi connectivity index (χ1v) is 10.5. The molecule has 8 heteroatoms. The van der Waals surface area contributed by atoms with E-state index >= 15 is 0 Å². The van der Waals surface area contributed by atoms with E-state index in [9.17, 15) is 18.8 Å². The van der Waals surface area contributed by atoms with Gasteiger partial charge >= 0.3 is 0 Å². The van der Waals surface area contributed by atoms with Gasteiger partial charge in [0, 0.05) is 17.3 Å². The smallest absolute Gasteiger partial charge is 0.283 e. The molecule has 160 valence electrons. The summed E-state index contributed by atoms with van der Waals surface area (Å²) in [5.41, 5.74) is 1.01. The third-order valence-electron chi connectivity index (χ3n) is 5.45. The Bertz CT molecular complexity index is 1060. The van der Waals surface area contributed by atoms with Crippen LogP contribution in [0.25, 0.3) is 0 Å². The van der Waals surface area contributed by atoms with Crippen LogP contribution in [0.3, 0.4) is 0 Å². The number of imide groups is 1. The Balaban J connectivity index is 1.50. The summed E-state index contributed by atoms with van der Waals surface area (Å²) >= 11 is 6.13.